The van der Waals surface area contributed by atoms with Gasteiger partial charge in [0.15, 0.2) is 0 Å². The van der Waals surface area contributed by atoms with Crippen LogP contribution in [0.1, 0.15) is 36.3 Å². The van der Waals surface area contributed by atoms with Crippen LogP contribution in [0, 0.1) is 13.8 Å². The first-order valence-corrected chi connectivity index (χ1v) is 7.51. The van der Waals surface area contributed by atoms with E-state index in [1.807, 2.05) is 25.4 Å². The van der Waals surface area contributed by atoms with Gasteiger partial charge in [-0.05, 0) is 32.9 Å². The summed E-state index contributed by atoms with van der Waals surface area (Å²) in [6, 6.07) is 6.55. The predicted octanol–water partition coefficient (Wildman–Crippen LogP) is 3.25. The van der Waals surface area contributed by atoms with Crippen molar-refractivity contribution >= 4 is 0 Å². The smallest absolute Gasteiger partial charge is 0.123 e. The molecule has 0 saturated carbocycles. The van der Waals surface area contributed by atoms with E-state index in [0.717, 1.165) is 31.1 Å². The number of imidazole rings is 1. The molecule has 2 rings (SSSR count). The molecule has 114 valence electrons. The molecule has 0 amide bonds. The minimum absolute atomic E-state index is 0.215. The first kappa shape index (κ1) is 15.6. The highest BCUT2D eigenvalue weighted by atomic mass is 16.5. The molecule has 0 aliphatic rings. The van der Waals surface area contributed by atoms with Crippen LogP contribution in [-0.2, 0) is 6.54 Å². The number of aryl methyl sites for hydroxylation is 2. The number of methoxy groups -OCH3 is 1. The zero-order chi connectivity index (χ0) is 15.2. The van der Waals surface area contributed by atoms with Crippen molar-refractivity contribution in [1.82, 2.24) is 14.9 Å². The summed E-state index contributed by atoms with van der Waals surface area (Å²) in [6.45, 7) is 8.16. The SMILES string of the molecule is CCCNC(Cn1ccnc1C)c1cc(C)ccc1OC. The fourth-order valence-electron chi connectivity index (χ4n) is 2.51. The van der Waals surface area contributed by atoms with E-state index >= 15 is 0 Å². The summed E-state index contributed by atoms with van der Waals surface area (Å²) in [5.41, 5.74) is 2.45. The van der Waals surface area contributed by atoms with Crippen LogP contribution in [0.3, 0.4) is 0 Å². The summed E-state index contributed by atoms with van der Waals surface area (Å²) >= 11 is 0. The van der Waals surface area contributed by atoms with Crippen LogP contribution in [0.4, 0.5) is 0 Å². The van der Waals surface area contributed by atoms with E-state index in [4.69, 9.17) is 4.74 Å². The number of nitrogens with zero attached hydrogens (tertiary/aromatic N) is 2. The minimum atomic E-state index is 0.215. The summed E-state index contributed by atoms with van der Waals surface area (Å²) in [5.74, 6) is 1.97. The second kappa shape index (κ2) is 7.27. The highest BCUT2D eigenvalue weighted by Crippen LogP contribution is 2.27. The van der Waals surface area contributed by atoms with Gasteiger partial charge in [-0.2, -0.15) is 0 Å². The van der Waals surface area contributed by atoms with Crippen molar-refractivity contribution in [1.29, 1.82) is 0 Å². The fraction of sp³-hybridized carbons (Fsp3) is 0.471. The van der Waals surface area contributed by atoms with Gasteiger partial charge in [0.1, 0.15) is 11.6 Å². The third kappa shape index (κ3) is 3.85. The van der Waals surface area contributed by atoms with Gasteiger partial charge in [-0.3, -0.25) is 0 Å². The molecule has 0 radical (unpaired) electrons. The number of benzene rings is 1. The Morgan fingerprint density at radius 3 is 2.76 bits per heavy atom. The van der Waals surface area contributed by atoms with Gasteiger partial charge in [0, 0.05) is 24.5 Å². The molecule has 0 aliphatic carbocycles. The van der Waals surface area contributed by atoms with Gasteiger partial charge in [0.2, 0.25) is 0 Å². The Morgan fingerprint density at radius 1 is 1.33 bits per heavy atom. The van der Waals surface area contributed by atoms with Crippen molar-refractivity contribution in [3.63, 3.8) is 0 Å². The number of hydrogen-bond acceptors (Lipinski definition) is 3. The van der Waals surface area contributed by atoms with E-state index in [-0.39, 0.29) is 6.04 Å². The average Bonchev–Trinajstić information content (AvgIpc) is 2.88. The molecular weight excluding hydrogens is 262 g/mol. The average molecular weight is 287 g/mol. The van der Waals surface area contributed by atoms with Gasteiger partial charge in [0.25, 0.3) is 0 Å². The van der Waals surface area contributed by atoms with Gasteiger partial charge in [-0.15, -0.1) is 0 Å². The lowest BCUT2D eigenvalue weighted by molar-refractivity contribution is 0.387. The van der Waals surface area contributed by atoms with Crippen molar-refractivity contribution in [3.8, 4) is 5.75 Å². The van der Waals surface area contributed by atoms with E-state index in [1.165, 1.54) is 11.1 Å². The highest BCUT2D eigenvalue weighted by molar-refractivity contribution is 5.39. The van der Waals surface area contributed by atoms with Crippen LogP contribution in [0.5, 0.6) is 5.75 Å². The maximum Gasteiger partial charge on any atom is 0.123 e. The van der Waals surface area contributed by atoms with Gasteiger partial charge in [-0.25, -0.2) is 4.98 Å². The number of hydrogen-bond donors (Lipinski definition) is 1. The molecule has 0 spiro atoms. The van der Waals surface area contributed by atoms with E-state index in [2.05, 4.69) is 40.8 Å². The normalized spacial score (nSPS) is 12.4. The topological polar surface area (TPSA) is 39.1 Å². The Morgan fingerprint density at radius 2 is 2.14 bits per heavy atom. The molecule has 0 fully saturated rings. The molecule has 0 bridgehead atoms. The lowest BCUT2D eigenvalue weighted by Crippen LogP contribution is -2.27. The Labute approximate surface area is 127 Å². The van der Waals surface area contributed by atoms with Gasteiger partial charge < -0.3 is 14.6 Å². The maximum atomic E-state index is 5.55. The van der Waals surface area contributed by atoms with Crippen molar-refractivity contribution in [2.75, 3.05) is 13.7 Å². The van der Waals surface area contributed by atoms with Crippen LogP contribution in [-0.4, -0.2) is 23.2 Å². The number of aromatic nitrogens is 2. The van der Waals surface area contributed by atoms with Crippen molar-refractivity contribution in [2.24, 2.45) is 0 Å². The summed E-state index contributed by atoms with van der Waals surface area (Å²) in [6.07, 6.45) is 4.98. The Bertz CT molecular complexity index is 577. The molecule has 21 heavy (non-hydrogen) atoms. The Hall–Kier alpha value is -1.81. The summed E-state index contributed by atoms with van der Waals surface area (Å²) in [4.78, 5) is 4.31. The second-order valence-corrected chi connectivity index (χ2v) is 5.38. The summed E-state index contributed by atoms with van der Waals surface area (Å²) < 4.78 is 7.72. The largest absolute Gasteiger partial charge is 0.496 e. The molecule has 1 aromatic heterocycles. The van der Waals surface area contributed by atoms with E-state index in [9.17, 15) is 0 Å². The zero-order valence-corrected chi connectivity index (χ0v) is 13.4. The summed E-state index contributed by atoms with van der Waals surface area (Å²) in [5, 5.41) is 3.62. The van der Waals surface area contributed by atoms with Gasteiger partial charge in [0.05, 0.1) is 13.2 Å². The molecule has 1 unspecified atom stereocenters. The quantitative estimate of drug-likeness (QED) is 0.849. The van der Waals surface area contributed by atoms with E-state index in [1.54, 1.807) is 7.11 Å². The number of nitrogens with one attached hydrogen (secondary N) is 1. The van der Waals surface area contributed by atoms with E-state index < -0.39 is 0 Å². The first-order valence-electron chi connectivity index (χ1n) is 7.51. The number of ether oxygens (including phenoxy) is 1. The van der Waals surface area contributed by atoms with Crippen molar-refractivity contribution in [2.45, 2.75) is 39.8 Å². The van der Waals surface area contributed by atoms with Gasteiger partial charge >= 0.3 is 0 Å². The molecule has 1 aromatic carbocycles. The zero-order valence-electron chi connectivity index (χ0n) is 13.4. The lowest BCUT2D eigenvalue weighted by atomic mass is 10.0. The maximum absolute atomic E-state index is 5.55. The van der Waals surface area contributed by atoms with Crippen LogP contribution in [0.15, 0.2) is 30.6 Å². The van der Waals surface area contributed by atoms with Crippen molar-refractivity contribution in [3.05, 3.63) is 47.5 Å². The van der Waals surface area contributed by atoms with Crippen LogP contribution < -0.4 is 10.1 Å². The molecule has 1 atom stereocenters. The monoisotopic (exact) mass is 287 g/mol. The van der Waals surface area contributed by atoms with Crippen LogP contribution in [0.25, 0.3) is 0 Å². The summed E-state index contributed by atoms with van der Waals surface area (Å²) in [7, 11) is 1.73. The Kier molecular flexibility index (Phi) is 5.39. The number of rotatable bonds is 7. The van der Waals surface area contributed by atoms with Crippen molar-refractivity contribution < 1.29 is 4.74 Å². The van der Waals surface area contributed by atoms with E-state index in [0.29, 0.717) is 0 Å². The minimum Gasteiger partial charge on any atom is -0.496 e. The molecular formula is C17H25N3O. The fourth-order valence-corrected chi connectivity index (χ4v) is 2.51. The highest BCUT2D eigenvalue weighted by Gasteiger charge is 2.17. The first-order chi connectivity index (χ1) is 10.2. The Balaban J connectivity index is 2.31. The standard InChI is InChI=1S/C17H25N3O/c1-5-8-19-16(12-20-10-9-18-14(20)3)15-11-13(2)6-7-17(15)21-4/h6-7,9-11,16,19H,5,8,12H2,1-4H3. The molecule has 1 heterocycles. The third-order valence-electron chi connectivity index (χ3n) is 3.70. The predicted molar refractivity (Wildman–Crippen MR) is 85.7 cm³/mol. The molecule has 4 heteroatoms. The molecule has 0 saturated heterocycles. The second-order valence-electron chi connectivity index (χ2n) is 5.38. The molecule has 2 aromatic rings. The third-order valence-corrected chi connectivity index (χ3v) is 3.70. The lowest BCUT2D eigenvalue weighted by Gasteiger charge is -2.23. The molecule has 1 N–H and O–H groups in total. The molecule has 0 aliphatic heterocycles. The van der Waals surface area contributed by atoms with Gasteiger partial charge in [-0.1, -0.05) is 24.6 Å². The van der Waals surface area contributed by atoms with Crippen LogP contribution >= 0.6 is 0 Å². The molecule has 4 nitrogen and oxygen atoms in total. The van der Waals surface area contributed by atoms with Crippen LogP contribution in [0.2, 0.25) is 0 Å².